The molecule has 28 nitrogen and oxygen atoms in total. The number of carbonyl (C=O) groups excluding carboxylic acids is 11. The van der Waals surface area contributed by atoms with Crippen molar-refractivity contribution in [3.8, 4) is 0 Å². The summed E-state index contributed by atoms with van der Waals surface area (Å²) in [6.45, 7) is 14.2. The number of amides is 10. The third-order valence-electron chi connectivity index (χ3n) is 22.6. The zero-order valence-electron chi connectivity index (χ0n) is 66.9. The Balaban J connectivity index is 0.000000224. The summed E-state index contributed by atoms with van der Waals surface area (Å²) in [5, 5.41) is 33.0. The van der Waals surface area contributed by atoms with Crippen molar-refractivity contribution in [3.63, 3.8) is 0 Å². The molecule has 8 aliphatic heterocycles. The minimum atomic E-state index is -0.975. The number of rotatable bonds is 20. The summed E-state index contributed by atoms with van der Waals surface area (Å²) in [7, 11) is 3.40. The molecule has 3 aromatic carbocycles. The number of nitrogens with zero attached hydrogens (tertiary/aromatic N) is 4. The van der Waals surface area contributed by atoms with Gasteiger partial charge in [0.05, 0.1) is 24.2 Å². The van der Waals surface area contributed by atoms with Crippen LogP contribution in [0.2, 0.25) is 0 Å². The molecule has 8 heterocycles. The van der Waals surface area contributed by atoms with Crippen LogP contribution in [0.4, 0.5) is 9.59 Å². The van der Waals surface area contributed by atoms with Gasteiger partial charge < -0.3 is 81.5 Å². The lowest BCUT2D eigenvalue weighted by Crippen LogP contribution is -2.58. The third-order valence-corrected chi connectivity index (χ3v) is 22.6. The van der Waals surface area contributed by atoms with E-state index in [1.54, 1.807) is 84.2 Å². The van der Waals surface area contributed by atoms with Crippen molar-refractivity contribution >= 4 is 71.4 Å². The SMILES string of the molecule is CC(C)(C)OC(=O)N[C@H]1C/C=C\C[C@H]2CC[C@@H](C(=O)OCc3ccccc3)N2C1=O.CC(C)(C)OC(=O)N[C@H]1CCCC[C@H]2CC[C@@H](C(=O)O)N2C1=O.CN[C@@H](C)C(=O)N[C@H]1CCCC[C@H]2CC[C@@H](C(=O)N[C@H](C[C@@H](NC(=O)[C@@H]3CC[C@@H]4CCCC[C@H](NC(=O)[C@H](C)NC)C(=O)N43)c3ccccc3)c3ccccc3)N2C1=O. The average molecular weight is 1550 g/mol. The molecule has 0 unspecified atom stereocenters. The summed E-state index contributed by atoms with van der Waals surface area (Å²) in [6.07, 6.45) is 18.0. The van der Waals surface area contributed by atoms with Crippen LogP contribution in [0.1, 0.15) is 232 Å². The number of hydrogen-bond donors (Lipinski definition) is 9. The second-order valence-electron chi connectivity index (χ2n) is 32.9. The molecule has 10 amide bonds. The van der Waals surface area contributed by atoms with E-state index in [4.69, 9.17) is 14.2 Å². The van der Waals surface area contributed by atoms with Gasteiger partial charge in [-0.15, -0.1) is 0 Å². The first-order valence-electron chi connectivity index (χ1n) is 40.5. The number of likely N-dealkylation sites (N-methyl/N-ethyl adjacent to an activating group) is 2. The number of ether oxygens (including phenoxy) is 3. The molecule has 0 radical (unpaired) electrons. The van der Waals surface area contributed by atoms with E-state index in [-0.39, 0.29) is 78.0 Å². The van der Waals surface area contributed by atoms with Gasteiger partial charge in [-0.1, -0.05) is 142 Å². The molecule has 3 aromatic rings. The Kier molecular flexibility index (Phi) is 31.2. The predicted molar refractivity (Wildman–Crippen MR) is 419 cm³/mol. The third kappa shape index (κ3) is 23.6. The Morgan fingerprint density at radius 2 is 0.777 bits per heavy atom. The van der Waals surface area contributed by atoms with Gasteiger partial charge in [-0.05, 0) is 195 Å². The van der Waals surface area contributed by atoms with Gasteiger partial charge in [-0.2, -0.15) is 0 Å². The van der Waals surface area contributed by atoms with Gasteiger partial charge in [0.15, 0.2) is 0 Å². The standard InChI is InChI=1S/C45H64N8O6.C23H30N2O5.C16H26N2O5/c1-28(46-3)40(54)48-34-21-13-11-19-32-23-25-38(52(32)44(34)58)42(56)50-36(30-15-7-5-8-16-30)27-37(31-17-9-6-10-18-31)51-43(57)39-26-24-33-20-12-14-22-35(45(59)53(33)39)49-41(55)29(2)47-4;1-23(2,3)30-22(28)24-18-12-8-7-11-17-13-14-19(25(17)20(18)26)21(27)29-15-16-9-5-4-6-10-16;1-16(2,3)23-15(22)17-11-7-5-4-6-10-8-9-12(14(20)21)18(10)13(11)19/h5-10,15-18,28-29,32-39,46-47H,11-14,19-27H2,1-4H3,(H,48,54)(H,49,55)(H,50,56)(H,51,57);4-10,17-19H,11-15H2,1-3H3,(H,24,28);10-12H,4-9H2,1-3H3,(H,17,22)(H,20,21)/b;8-7-;/t28-,29-,32-,33-,34-,35-,36+,37+,38-,39-;17-,18-,19-;10-,11-,12-/m000/s1. The quantitative estimate of drug-likeness (QED) is 0.0291. The van der Waals surface area contributed by atoms with E-state index < -0.39 is 108 Å². The van der Waals surface area contributed by atoms with Crippen molar-refractivity contribution in [3.05, 3.63) is 120 Å². The first kappa shape index (κ1) is 86.5. The number of carboxylic acid groups (broad SMARTS) is 1. The summed E-state index contributed by atoms with van der Waals surface area (Å²) in [4.78, 5) is 164. The van der Waals surface area contributed by atoms with Crippen molar-refractivity contribution in [2.75, 3.05) is 14.1 Å². The molecule has 0 saturated carbocycles. The van der Waals surface area contributed by atoms with E-state index in [1.807, 2.05) is 103 Å². The van der Waals surface area contributed by atoms with Gasteiger partial charge in [-0.3, -0.25) is 38.4 Å². The van der Waals surface area contributed by atoms with Gasteiger partial charge in [0.25, 0.3) is 0 Å². The lowest BCUT2D eigenvalue weighted by molar-refractivity contribution is -0.156. The molecule has 0 spiro atoms. The fourth-order valence-electron chi connectivity index (χ4n) is 16.6. The molecule has 7 saturated heterocycles. The van der Waals surface area contributed by atoms with Crippen LogP contribution < -0.4 is 42.5 Å². The van der Waals surface area contributed by atoms with Gasteiger partial charge in [0, 0.05) is 24.2 Å². The largest absolute Gasteiger partial charge is 0.480 e. The summed E-state index contributed by atoms with van der Waals surface area (Å²) in [5.41, 5.74) is 1.29. The molecule has 0 aromatic heterocycles. The highest BCUT2D eigenvalue weighted by molar-refractivity contribution is 5.96. The zero-order valence-corrected chi connectivity index (χ0v) is 66.9. The van der Waals surface area contributed by atoms with Crippen LogP contribution in [0.25, 0.3) is 0 Å². The number of nitrogens with one attached hydrogen (secondary N) is 8. The first-order valence-corrected chi connectivity index (χ1v) is 40.5. The van der Waals surface area contributed by atoms with Crippen LogP contribution in [0, 0.1) is 0 Å². The monoisotopic (exact) mass is 1550 g/mol. The van der Waals surface area contributed by atoms with Crippen LogP contribution in [0.5, 0.6) is 0 Å². The molecule has 612 valence electrons. The van der Waals surface area contributed by atoms with Crippen LogP contribution in [0.15, 0.2) is 103 Å². The maximum atomic E-state index is 14.5. The molecule has 8 aliphatic rings. The molecule has 7 fully saturated rings. The zero-order chi connectivity index (χ0) is 81.0. The van der Waals surface area contributed by atoms with Gasteiger partial charge in [-0.25, -0.2) is 19.2 Å². The van der Waals surface area contributed by atoms with Gasteiger partial charge >= 0.3 is 24.1 Å². The number of alkyl carbamates (subject to hydrolysis) is 2. The highest BCUT2D eigenvalue weighted by Crippen LogP contribution is 2.38. The highest BCUT2D eigenvalue weighted by Gasteiger charge is 2.49. The number of aliphatic carboxylic acids is 1. The topological polar surface area (TPSA) is 362 Å². The van der Waals surface area contributed by atoms with Crippen molar-refractivity contribution in [1.29, 1.82) is 0 Å². The Morgan fingerprint density at radius 1 is 0.429 bits per heavy atom. The van der Waals surface area contributed by atoms with Crippen molar-refractivity contribution in [1.82, 2.24) is 62.1 Å². The van der Waals surface area contributed by atoms with E-state index in [0.29, 0.717) is 83.5 Å². The maximum Gasteiger partial charge on any atom is 0.408 e. The van der Waals surface area contributed by atoms with E-state index in [2.05, 4.69) is 42.5 Å². The maximum absolute atomic E-state index is 14.5. The fraction of sp³-hybridized carbons (Fsp3) is 0.619. The lowest BCUT2D eigenvalue weighted by atomic mass is 9.93. The van der Waals surface area contributed by atoms with Crippen molar-refractivity contribution in [2.45, 2.75) is 318 Å². The Hall–Kier alpha value is -9.44. The van der Waals surface area contributed by atoms with E-state index in [9.17, 15) is 62.6 Å². The number of carboxylic acids is 1. The Labute approximate surface area is 658 Å². The number of hydrogen-bond acceptors (Lipinski definition) is 17. The normalized spacial score (nSPS) is 26.6. The number of carbonyl (C=O) groups is 12. The molecule has 28 heteroatoms. The summed E-state index contributed by atoms with van der Waals surface area (Å²) in [5.74, 6) is -3.44. The second kappa shape index (κ2) is 40.3. The minimum Gasteiger partial charge on any atom is -0.480 e. The van der Waals surface area contributed by atoms with Crippen LogP contribution >= 0.6 is 0 Å². The molecular weight excluding hydrogens is 1430 g/mol. The molecule has 112 heavy (non-hydrogen) atoms. The molecule has 0 aliphatic carbocycles. The molecular formula is C84H120N12O16. The van der Waals surface area contributed by atoms with Crippen LogP contribution in [-0.4, -0.2) is 206 Å². The van der Waals surface area contributed by atoms with Gasteiger partial charge in [0.1, 0.15) is 66.1 Å². The Bertz CT molecular complexity index is 3630. The van der Waals surface area contributed by atoms with Crippen molar-refractivity contribution in [2.24, 2.45) is 0 Å². The molecule has 0 bridgehead atoms. The van der Waals surface area contributed by atoms with Crippen LogP contribution in [0.3, 0.4) is 0 Å². The second-order valence-corrected chi connectivity index (χ2v) is 32.9. The molecule has 9 N–H and O–H groups in total. The number of benzene rings is 3. The van der Waals surface area contributed by atoms with E-state index >= 15 is 0 Å². The summed E-state index contributed by atoms with van der Waals surface area (Å²) < 4.78 is 16.0. The smallest absolute Gasteiger partial charge is 0.408 e. The first-order chi connectivity index (χ1) is 53.4. The van der Waals surface area contributed by atoms with Crippen LogP contribution in [-0.2, 0) is 68.8 Å². The number of fused-ring (bicyclic) bond motifs is 4. The Morgan fingerprint density at radius 3 is 1.20 bits per heavy atom. The number of esters is 1. The minimum absolute atomic E-state index is 0.0353. The van der Waals surface area contributed by atoms with E-state index in [0.717, 1.165) is 80.9 Å². The molecule has 11 rings (SSSR count). The highest BCUT2D eigenvalue weighted by atomic mass is 16.6. The van der Waals surface area contributed by atoms with E-state index in [1.165, 1.54) is 4.90 Å². The van der Waals surface area contributed by atoms with Gasteiger partial charge in [0.2, 0.25) is 47.3 Å². The summed E-state index contributed by atoms with van der Waals surface area (Å²) in [6, 6.07) is 20.7. The molecule has 16 atom stereocenters. The fourth-order valence-corrected chi connectivity index (χ4v) is 16.6. The van der Waals surface area contributed by atoms with Crippen molar-refractivity contribution < 1.29 is 76.9 Å². The predicted octanol–water partition coefficient (Wildman–Crippen LogP) is 8.37. The lowest BCUT2D eigenvalue weighted by Gasteiger charge is -2.37. The summed E-state index contributed by atoms with van der Waals surface area (Å²) >= 11 is 0. The average Bonchev–Trinajstić information content (AvgIpc) is 1.64.